The van der Waals surface area contributed by atoms with Crippen molar-refractivity contribution in [2.75, 3.05) is 0 Å². The first-order valence-corrected chi connectivity index (χ1v) is 9.62. The third-order valence-corrected chi connectivity index (χ3v) is 4.83. The summed E-state index contributed by atoms with van der Waals surface area (Å²) in [6.07, 6.45) is 1.96. The zero-order valence-electron chi connectivity index (χ0n) is 16.5. The van der Waals surface area contributed by atoms with Crippen LogP contribution in [0.4, 0.5) is 5.69 Å². The Morgan fingerprint density at radius 3 is 2.00 bits per heavy atom. The summed E-state index contributed by atoms with van der Waals surface area (Å²) < 4.78 is 6.25. The Balaban J connectivity index is 1.79. The predicted molar refractivity (Wildman–Crippen MR) is 121 cm³/mol. The lowest BCUT2D eigenvalue weighted by atomic mass is 10.0. The van der Waals surface area contributed by atoms with Gasteiger partial charge in [-0.2, -0.15) is 0 Å². The normalized spacial score (nSPS) is 11.3. The first-order valence-electron chi connectivity index (χ1n) is 9.62. The molecule has 0 fully saturated rings. The molecule has 0 saturated heterocycles. The summed E-state index contributed by atoms with van der Waals surface area (Å²) in [6, 6.07) is 30.7. The molecule has 0 saturated carbocycles. The number of allylic oxidation sites excluding steroid dienone is 1. The molecule has 0 atom stereocenters. The van der Waals surface area contributed by atoms with Crippen molar-refractivity contribution in [3.8, 4) is 22.5 Å². The molecule has 0 N–H and O–H groups in total. The van der Waals surface area contributed by atoms with Crippen molar-refractivity contribution in [3.05, 3.63) is 118 Å². The van der Waals surface area contributed by atoms with Gasteiger partial charge in [-0.05, 0) is 48.4 Å². The van der Waals surface area contributed by atoms with Crippen LogP contribution in [0, 0.1) is 10.1 Å². The van der Waals surface area contributed by atoms with Crippen molar-refractivity contribution in [2.45, 2.75) is 6.92 Å². The molecule has 1 heterocycles. The second kappa shape index (κ2) is 8.53. The summed E-state index contributed by atoms with van der Waals surface area (Å²) in [5.74, 6) is 1.52. The van der Waals surface area contributed by atoms with Crippen molar-refractivity contribution in [3.63, 3.8) is 0 Å². The van der Waals surface area contributed by atoms with Crippen LogP contribution < -0.4 is 0 Å². The van der Waals surface area contributed by atoms with Crippen LogP contribution in [-0.2, 0) is 0 Å². The second-order valence-corrected chi connectivity index (χ2v) is 6.98. The van der Waals surface area contributed by atoms with Gasteiger partial charge in [0.05, 0.1) is 28.2 Å². The maximum absolute atomic E-state index is 10.9. The van der Waals surface area contributed by atoms with E-state index in [0.29, 0.717) is 0 Å². The van der Waals surface area contributed by atoms with E-state index in [1.165, 1.54) is 12.1 Å². The molecule has 0 aliphatic rings. The van der Waals surface area contributed by atoms with Gasteiger partial charge in [0.15, 0.2) is 0 Å². The summed E-state index contributed by atoms with van der Waals surface area (Å²) in [5.41, 5.74) is 5.05. The van der Waals surface area contributed by atoms with Gasteiger partial charge in [0.1, 0.15) is 0 Å². The predicted octanol–water partition coefficient (Wildman–Crippen LogP) is 7.36. The highest BCUT2D eigenvalue weighted by molar-refractivity contribution is 5.81. The Labute approximate surface area is 174 Å². The molecule has 0 spiro atoms. The Morgan fingerprint density at radius 2 is 1.40 bits per heavy atom. The molecule has 0 aliphatic heterocycles. The van der Waals surface area contributed by atoms with Gasteiger partial charge in [-0.15, -0.1) is 0 Å². The molecule has 146 valence electrons. The van der Waals surface area contributed by atoms with Gasteiger partial charge in [0, 0.05) is 17.7 Å². The minimum absolute atomic E-state index is 0.0759. The highest BCUT2D eigenvalue weighted by atomic mass is 16.6. The molecule has 3 aromatic carbocycles. The van der Waals surface area contributed by atoms with Gasteiger partial charge < -0.3 is 0 Å². The van der Waals surface area contributed by atoms with E-state index in [1.807, 2.05) is 73.7 Å². The second-order valence-electron chi connectivity index (χ2n) is 6.98. The van der Waals surface area contributed by atoms with Crippen molar-refractivity contribution in [1.82, 2.24) is 0 Å². The van der Waals surface area contributed by atoms with E-state index in [9.17, 15) is 10.1 Å². The summed E-state index contributed by atoms with van der Waals surface area (Å²) in [4.78, 5) is 10.5. The zero-order valence-corrected chi connectivity index (χ0v) is 16.5. The number of rotatable bonds is 5. The van der Waals surface area contributed by atoms with Gasteiger partial charge in [-0.25, -0.2) is 4.42 Å². The Bertz CT molecular complexity index is 1140. The fourth-order valence-corrected chi connectivity index (χ4v) is 3.25. The SMILES string of the molecule is CC(=Cc1ccc([N+](=O)[O-])cc1)c1cc(-c2ccccc2)cc(-c2ccccc2)[o+]1. The monoisotopic (exact) mass is 394 g/mol. The van der Waals surface area contributed by atoms with Crippen LogP contribution >= 0.6 is 0 Å². The topological polar surface area (TPSA) is 54.4 Å². The lowest BCUT2D eigenvalue weighted by Gasteiger charge is -2.02. The van der Waals surface area contributed by atoms with Gasteiger partial charge in [0.2, 0.25) is 0 Å². The summed E-state index contributed by atoms with van der Waals surface area (Å²) in [6.45, 7) is 1.98. The average molecular weight is 394 g/mol. The van der Waals surface area contributed by atoms with Crippen molar-refractivity contribution in [2.24, 2.45) is 0 Å². The molecule has 30 heavy (non-hydrogen) atoms. The zero-order chi connectivity index (χ0) is 20.9. The quantitative estimate of drug-likeness (QED) is 0.202. The molecular formula is C26H20NO3+. The van der Waals surface area contributed by atoms with Crippen LogP contribution in [-0.4, -0.2) is 4.92 Å². The highest BCUT2D eigenvalue weighted by Crippen LogP contribution is 2.31. The maximum Gasteiger partial charge on any atom is 0.361 e. The fourth-order valence-electron chi connectivity index (χ4n) is 3.25. The van der Waals surface area contributed by atoms with Crippen LogP contribution in [0.25, 0.3) is 34.1 Å². The minimum atomic E-state index is -0.398. The molecule has 4 heteroatoms. The number of hydrogen-bond donors (Lipinski definition) is 0. The third kappa shape index (κ3) is 4.33. The number of benzene rings is 3. The molecule has 4 nitrogen and oxygen atoms in total. The Morgan fingerprint density at radius 1 is 0.800 bits per heavy atom. The largest absolute Gasteiger partial charge is 0.361 e. The van der Waals surface area contributed by atoms with E-state index < -0.39 is 4.92 Å². The number of nitrogens with zero attached hydrogens (tertiary/aromatic N) is 1. The van der Waals surface area contributed by atoms with E-state index in [2.05, 4.69) is 12.1 Å². The van der Waals surface area contributed by atoms with Crippen LogP contribution in [0.15, 0.2) is 101 Å². The van der Waals surface area contributed by atoms with E-state index in [0.717, 1.165) is 39.3 Å². The van der Waals surface area contributed by atoms with E-state index in [-0.39, 0.29) is 5.69 Å². The Hall–Kier alpha value is -4.05. The summed E-state index contributed by atoms with van der Waals surface area (Å²) in [7, 11) is 0. The molecule has 0 unspecified atom stereocenters. The first kappa shape index (κ1) is 19.3. The van der Waals surface area contributed by atoms with Gasteiger partial charge in [-0.1, -0.05) is 48.5 Å². The van der Waals surface area contributed by atoms with Crippen LogP contribution in [0.5, 0.6) is 0 Å². The van der Waals surface area contributed by atoms with E-state index in [4.69, 9.17) is 4.42 Å². The summed E-state index contributed by atoms with van der Waals surface area (Å²) >= 11 is 0. The molecule has 0 radical (unpaired) electrons. The standard InChI is InChI=1S/C26H20NO3/c1-19(16-20-12-14-24(15-13-20)27(28)29)25-17-23(21-8-4-2-5-9-21)18-26(30-25)22-10-6-3-7-11-22/h2-18H,1H3/q+1. The molecular weight excluding hydrogens is 374 g/mol. The maximum atomic E-state index is 10.9. The molecule has 0 amide bonds. The van der Waals surface area contributed by atoms with Crippen LogP contribution in [0.2, 0.25) is 0 Å². The molecule has 0 bridgehead atoms. The van der Waals surface area contributed by atoms with Gasteiger partial charge >= 0.3 is 11.5 Å². The van der Waals surface area contributed by atoms with E-state index in [1.54, 1.807) is 12.1 Å². The number of nitro benzene ring substituents is 1. The molecule has 4 rings (SSSR count). The van der Waals surface area contributed by atoms with Crippen LogP contribution in [0.1, 0.15) is 18.2 Å². The van der Waals surface area contributed by atoms with Crippen molar-refractivity contribution < 1.29 is 9.34 Å². The lowest BCUT2D eigenvalue weighted by Crippen LogP contribution is -1.89. The van der Waals surface area contributed by atoms with Crippen molar-refractivity contribution in [1.29, 1.82) is 0 Å². The molecule has 4 aromatic rings. The number of hydrogen-bond acceptors (Lipinski definition) is 2. The smallest absolute Gasteiger partial charge is 0.258 e. The Kier molecular flexibility index (Phi) is 5.48. The fraction of sp³-hybridized carbons (Fsp3) is 0.0385. The highest BCUT2D eigenvalue weighted by Gasteiger charge is 2.20. The van der Waals surface area contributed by atoms with Crippen LogP contribution in [0.3, 0.4) is 0 Å². The number of non-ortho nitro benzene ring substituents is 1. The first-order chi connectivity index (χ1) is 14.6. The third-order valence-electron chi connectivity index (χ3n) is 4.83. The molecule has 0 aliphatic carbocycles. The molecule has 1 aromatic heterocycles. The van der Waals surface area contributed by atoms with Gasteiger partial charge in [0.25, 0.3) is 5.69 Å². The average Bonchev–Trinajstić information content (AvgIpc) is 2.80. The minimum Gasteiger partial charge on any atom is -0.258 e. The number of nitro groups is 1. The van der Waals surface area contributed by atoms with Crippen molar-refractivity contribution >= 4 is 17.3 Å². The van der Waals surface area contributed by atoms with E-state index >= 15 is 0 Å². The lowest BCUT2D eigenvalue weighted by molar-refractivity contribution is -0.384. The summed E-state index contributed by atoms with van der Waals surface area (Å²) in [5, 5.41) is 10.9. The van der Waals surface area contributed by atoms with Gasteiger partial charge in [-0.3, -0.25) is 10.1 Å².